The van der Waals surface area contributed by atoms with E-state index >= 15 is 4.32 Å². The molecule has 1 atom stereocenters. The molecule has 0 spiro atoms. The highest BCUT2D eigenvalue weighted by atomic mass is 19.1. The Morgan fingerprint density at radius 3 is 2.39 bits per heavy atom. The first kappa shape index (κ1) is 21.2. The second kappa shape index (κ2) is 8.72. The molecule has 1 aromatic heterocycles. The predicted molar refractivity (Wildman–Crippen MR) is 134 cm³/mol. The minimum atomic E-state index is -2.25. The summed E-state index contributed by atoms with van der Waals surface area (Å²) in [5.41, 5.74) is 13.1. The van der Waals surface area contributed by atoms with E-state index in [1.54, 1.807) is 4.48 Å². The minimum absolute atomic E-state index is 0.527. The maximum absolute atomic E-state index is 15.6. The van der Waals surface area contributed by atoms with Crippen LogP contribution in [0.1, 0.15) is 30.2 Å². The van der Waals surface area contributed by atoms with Crippen molar-refractivity contribution in [1.29, 1.82) is 0 Å². The predicted octanol–water partition coefficient (Wildman–Crippen LogP) is 5.32. The van der Waals surface area contributed by atoms with Gasteiger partial charge in [0.15, 0.2) is 11.4 Å². The molecular weight excluding hydrogens is 412 g/mol. The molecule has 166 valence electrons. The summed E-state index contributed by atoms with van der Waals surface area (Å²) >= 11 is 0. The normalized spacial score (nSPS) is 17.5. The van der Waals surface area contributed by atoms with Crippen molar-refractivity contribution in [3.8, 4) is 11.5 Å². The number of rotatable bonds is 6. The molecule has 33 heavy (non-hydrogen) atoms. The highest BCUT2D eigenvalue weighted by Gasteiger charge is 2.37. The molecule has 2 N–H and O–H groups in total. The van der Waals surface area contributed by atoms with Gasteiger partial charge >= 0.3 is 7.26 Å². The summed E-state index contributed by atoms with van der Waals surface area (Å²) in [5, 5.41) is 0. The Bertz CT molecular complexity index is 1310. The molecule has 5 rings (SSSR count). The Labute approximate surface area is 194 Å². The molecule has 0 amide bonds. The highest BCUT2D eigenvalue weighted by molar-refractivity contribution is 6.43. The Kier molecular flexibility index (Phi) is 5.61. The zero-order chi connectivity index (χ0) is 22.9. The number of nitrogens with two attached hydrogens (primary N) is 1. The van der Waals surface area contributed by atoms with Gasteiger partial charge in [-0.05, 0) is 81.0 Å². The van der Waals surface area contributed by atoms with E-state index in [-0.39, 0.29) is 0 Å². The summed E-state index contributed by atoms with van der Waals surface area (Å²) < 4.78 is 25.1. The third-order valence-corrected chi connectivity index (χ3v) is 6.26. The SMILES string of the molecule is CC1=CC(/C=C/c2ccc(Oc3ccc(C)cc3)cc2)=[N+]2[BH-](F)n3cccc3C(CCN)=C12. The average Bonchev–Trinajstić information content (AvgIpc) is 3.43. The van der Waals surface area contributed by atoms with Crippen molar-refractivity contribution in [2.75, 3.05) is 6.54 Å². The molecule has 0 saturated carbocycles. The number of ether oxygens (including phenoxy) is 1. The largest absolute Gasteiger partial charge is 0.536 e. The second-order valence-corrected chi connectivity index (χ2v) is 8.61. The lowest BCUT2D eigenvalue weighted by Gasteiger charge is -2.29. The van der Waals surface area contributed by atoms with Crippen LogP contribution in [0.4, 0.5) is 4.32 Å². The molecule has 3 heterocycles. The molecule has 0 aliphatic carbocycles. The van der Waals surface area contributed by atoms with Gasteiger partial charge in [0.25, 0.3) is 0 Å². The fourth-order valence-corrected chi connectivity index (χ4v) is 4.68. The van der Waals surface area contributed by atoms with E-state index < -0.39 is 7.26 Å². The molecule has 0 bridgehead atoms. The van der Waals surface area contributed by atoms with Gasteiger partial charge in [-0.25, -0.2) is 0 Å². The van der Waals surface area contributed by atoms with Gasteiger partial charge < -0.3 is 23.8 Å². The quantitative estimate of drug-likeness (QED) is 0.528. The van der Waals surface area contributed by atoms with Gasteiger partial charge in [-0.2, -0.15) is 0 Å². The third kappa shape index (κ3) is 3.98. The van der Waals surface area contributed by atoms with Crippen molar-refractivity contribution >= 4 is 24.6 Å². The number of benzene rings is 2. The van der Waals surface area contributed by atoms with Crippen molar-refractivity contribution in [2.45, 2.75) is 20.3 Å². The van der Waals surface area contributed by atoms with E-state index in [9.17, 15) is 0 Å². The Balaban J connectivity index is 1.42. The van der Waals surface area contributed by atoms with Crippen molar-refractivity contribution < 1.29 is 13.5 Å². The van der Waals surface area contributed by atoms with E-state index in [0.717, 1.165) is 45.3 Å². The lowest BCUT2D eigenvalue weighted by molar-refractivity contribution is -0.335. The lowest BCUT2D eigenvalue weighted by Crippen LogP contribution is -2.40. The third-order valence-electron chi connectivity index (χ3n) is 6.26. The number of nitrogens with zero attached hydrogens (tertiary/aromatic N) is 2. The summed E-state index contributed by atoms with van der Waals surface area (Å²) in [7, 11) is -2.25. The zero-order valence-electron chi connectivity index (χ0n) is 19.0. The van der Waals surface area contributed by atoms with E-state index in [1.165, 1.54) is 5.56 Å². The maximum atomic E-state index is 15.6. The van der Waals surface area contributed by atoms with Gasteiger partial charge in [-0.1, -0.05) is 29.8 Å². The average molecular weight is 439 g/mol. The summed E-state index contributed by atoms with van der Waals surface area (Å²) in [6, 6.07) is 19.8. The van der Waals surface area contributed by atoms with Gasteiger partial charge in [0.2, 0.25) is 0 Å². The molecule has 4 nitrogen and oxygen atoms in total. The van der Waals surface area contributed by atoms with E-state index in [1.807, 2.05) is 90.4 Å². The van der Waals surface area contributed by atoms with E-state index in [4.69, 9.17) is 10.5 Å². The first-order valence-corrected chi connectivity index (χ1v) is 11.3. The number of fused-ring (bicyclic) bond motifs is 2. The number of halogens is 1. The molecule has 0 radical (unpaired) electrons. The molecule has 1 unspecified atom stereocenters. The zero-order valence-corrected chi connectivity index (χ0v) is 19.0. The van der Waals surface area contributed by atoms with Crippen LogP contribution in [0.2, 0.25) is 0 Å². The maximum Gasteiger partial charge on any atom is 0.536 e. The van der Waals surface area contributed by atoms with Crippen LogP contribution in [0.3, 0.4) is 0 Å². The van der Waals surface area contributed by atoms with Crippen molar-refractivity contribution in [3.05, 3.63) is 107 Å². The molecular formula is C27H27BFN3O. The molecule has 0 saturated heterocycles. The number of aryl methyl sites for hydroxylation is 1. The van der Waals surface area contributed by atoms with E-state index in [2.05, 4.69) is 13.0 Å². The Morgan fingerprint density at radius 2 is 1.70 bits per heavy atom. The van der Waals surface area contributed by atoms with Crippen LogP contribution < -0.4 is 10.5 Å². The fourth-order valence-electron chi connectivity index (χ4n) is 4.68. The Hall–Kier alpha value is -3.64. The van der Waals surface area contributed by atoms with Crippen LogP contribution in [0.15, 0.2) is 90.3 Å². The summed E-state index contributed by atoms with van der Waals surface area (Å²) in [6.45, 7) is 4.62. The van der Waals surface area contributed by atoms with Crippen LogP contribution in [0.5, 0.6) is 11.5 Å². The van der Waals surface area contributed by atoms with Gasteiger partial charge in [0, 0.05) is 29.0 Å². The van der Waals surface area contributed by atoms with Gasteiger partial charge in [-0.3, -0.25) is 0 Å². The van der Waals surface area contributed by atoms with E-state index in [0.29, 0.717) is 13.0 Å². The van der Waals surface area contributed by atoms with Gasteiger partial charge in [0.05, 0.1) is 0 Å². The molecule has 0 fully saturated rings. The number of hydrogen-bond donors (Lipinski definition) is 1. The molecule has 2 aliphatic heterocycles. The summed E-state index contributed by atoms with van der Waals surface area (Å²) in [5.74, 6) is 1.59. The minimum Gasteiger partial charge on any atom is -0.457 e. The number of aromatic nitrogens is 1. The van der Waals surface area contributed by atoms with Crippen LogP contribution in [-0.4, -0.2) is 28.5 Å². The van der Waals surface area contributed by atoms with Crippen LogP contribution in [0, 0.1) is 6.92 Å². The molecule has 6 heteroatoms. The molecule has 2 aliphatic rings. The Morgan fingerprint density at radius 1 is 1.00 bits per heavy atom. The molecule has 2 aromatic carbocycles. The second-order valence-electron chi connectivity index (χ2n) is 8.61. The first-order chi connectivity index (χ1) is 16.0. The standard InChI is InChI=1S/C27H27BFN3O/c1-19-5-11-23(12-6-19)33-24-13-8-21(9-14-24)7-10-22-18-20(2)27-25(15-16-30)26-4-3-17-31(26)28(29)32(22)27/h3-14,17-18,28H,15-16,30H2,1-2H3/b10-7+. The highest BCUT2D eigenvalue weighted by Crippen LogP contribution is 2.36. The van der Waals surface area contributed by atoms with Crippen molar-refractivity contribution in [2.24, 2.45) is 5.73 Å². The van der Waals surface area contributed by atoms with Gasteiger partial charge in [0.1, 0.15) is 11.5 Å². The van der Waals surface area contributed by atoms with Crippen LogP contribution >= 0.6 is 0 Å². The summed E-state index contributed by atoms with van der Waals surface area (Å²) in [4.78, 5) is 0. The van der Waals surface area contributed by atoms with Crippen molar-refractivity contribution in [1.82, 2.24) is 4.48 Å². The topological polar surface area (TPSA) is 43.2 Å². The van der Waals surface area contributed by atoms with Crippen LogP contribution in [-0.2, 0) is 0 Å². The number of allylic oxidation sites excluding steroid dienone is 3. The lowest BCUT2D eigenvalue weighted by atomic mass is 9.90. The first-order valence-electron chi connectivity index (χ1n) is 11.3. The van der Waals surface area contributed by atoms with Crippen LogP contribution in [0.25, 0.3) is 11.6 Å². The fraction of sp³-hybridized carbons (Fsp3) is 0.148. The summed E-state index contributed by atoms with van der Waals surface area (Å²) in [6.07, 6.45) is 8.60. The smallest absolute Gasteiger partial charge is 0.457 e. The monoisotopic (exact) mass is 439 g/mol. The molecule has 3 aromatic rings. The van der Waals surface area contributed by atoms with Crippen molar-refractivity contribution in [3.63, 3.8) is 0 Å². The van der Waals surface area contributed by atoms with Gasteiger partial charge in [-0.15, -0.1) is 0 Å². The number of hydrogen-bond acceptors (Lipinski definition) is 2.